The fourth-order valence-electron chi connectivity index (χ4n) is 2.71. The van der Waals surface area contributed by atoms with Crippen LogP contribution in [0.5, 0.6) is 11.5 Å². The van der Waals surface area contributed by atoms with Crippen LogP contribution in [0.25, 0.3) is 0 Å². The molecule has 2 aliphatic rings. The smallest absolute Gasteiger partial charge is 0.264 e. The summed E-state index contributed by atoms with van der Waals surface area (Å²) in [6.45, 7) is 0.548. The van der Waals surface area contributed by atoms with Gasteiger partial charge in [-0.25, -0.2) is 4.39 Å². The van der Waals surface area contributed by atoms with Crippen molar-refractivity contribution in [1.82, 2.24) is 5.32 Å². The number of fused-ring (bicyclic) bond motifs is 1. The molecule has 1 unspecified atom stereocenters. The first-order chi connectivity index (χ1) is 12.2. The lowest BCUT2D eigenvalue weighted by molar-refractivity contribution is -0.131. The van der Waals surface area contributed by atoms with E-state index >= 15 is 0 Å². The van der Waals surface area contributed by atoms with Crippen LogP contribution >= 0.6 is 0 Å². The van der Waals surface area contributed by atoms with Crippen LogP contribution in [0.4, 0.5) is 4.39 Å². The Balaban J connectivity index is 1.34. The number of ether oxygens (including phenoxy) is 2. The number of amides is 1. The van der Waals surface area contributed by atoms with E-state index in [1.54, 1.807) is 18.2 Å². The van der Waals surface area contributed by atoms with Gasteiger partial charge in [0.2, 0.25) is 12.9 Å². The first-order valence-corrected chi connectivity index (χ1v) is 7.84. The van der Waals surface area contributed by atoms with E-state index in [1.807, 2.05) is 12.1 Å². The molecule has 1 N–H and O–H groups in total. The monoisotopic (exact) mass is 342 g/mol. The van der Waals surface area contributed by atoms with Gasteiger partial charge in [-0.15, -0.1) is 0 Å². The molecule has 1 atom stereocenters. The Morgan fingerprint density at radius 2 is 2.08 bits per heavy atom. The molecule has 2 aromatic carbocycles. The Hall–Kier alpha value is -3.09. The zero-order valence-electron chi connectivity index (χ0n) is 13.2. The number of halogens is 1. The topological polar surface area (TPSA) is 69.2 Å². The van der Waals surface area contributed by atoms with Crippen molar-refractivity contribution in [1.29, 1.82) is 0 Å². The third-order valence-electron chi connectivity index (χ3n) is 4.02. The lowest BCUT2D eigenvalue weighted by Gasteiger charge is -2.10. The molecule has 0 spiro atoms. The van der Waals surface area contributed by atoms with Gasteiger partial charge < -0.3 is 19.6 Å². The van der Waals surface area contributed by atoms with Gasteiger partial charge in [0.05, 0.1) is 5.71 Å². The zero-order valence-corrected chi connectivity index (χ0v) is 13.2. The normalized spacial score (nSPS) is 17.8. The minimum Gasteiger partial charge on any atom is -0.454 e. The molecule has 2 aromatic rings. The van der Waals surface area contributed by atoms with Crippen molar-refractivity contribution in [2.45, 2.75) is 19.1 Å². The Morgan fingerprint density at radius 1 is 1.20 bits per heavy atom. The first-order valence-electron chi connectivity index (χ1n) is 7.84. The zero-order chi connectivity index (χ0) is 17.2. The van der Waals surface area contributed by atoms with E-state index in [0.29, 0.717) is 35.7 Å². The highest BCUT2D eigenvalue weighted by molar-refractivity contribution is 6.04. The Labute approximate surface area is 143 Å². The largest absolute Gasteiger partial charge is 0.454 e. The number of oxime groups is 1. The average Bonchev–Trinajstić information content (AvgIpc) is 3.28. The molecule has 1 amide bonds. The van der Waals surface area contributed by atoms with Crippen LogP contribution in [0.3, 0.4) is 0 Å². The van der Waals surface area contributed by atoms with E-state index in [2.05, 4.69) is 10.5 Å². The molecule has 0 aliphatic carbocycles. The minimum absolute atomic E-state index is 0.210. The molecule has 2 heterocycles. The van der Waals surface area contributed by atoms with Crippen molar-refractivity contribution >= 4 is 11.6 Å². The Bertz CT molecular complexity index is 853. The van der Waals surface area contributed by atoms with Crippen LogP contribution in [-0.4, -0.2) is 24.5 Å². The second-order valence-electron chi connectivity index (χ2n) is 5.75. The number of carbonyl (C=O) groups is 1. The molecule has 0 fully saturated rings. The van der Waals surface area contributed by atoms with Crippen LogP contribution < -0.4 is 14.8 Å². The van der Waals surface area contributed by atoms with Gasteiger partial charge in [-0.3, -0.25) is 4.79 Å². The van der Waals surface area contributed by atoms with Gasteiger partial charge in [0.1, 0.15) is 5.82 Å². The van der Waals surface area contributed by atoms with E-state index < -0.39 is 6.10 Å². The van der Waals surface area contributed by atoms with Crippen molar-refractivity contribution in [2.75, 3.05) is 6.79 Å². The number of benzene rings is 2. The van der Waals surface area contributed by atoms with Crippen molar-refractivity contribution in [2.24, 2.45) is 5.16 Å². The summed E-state index contributed by atoms with van der Waals surface area (Å²) >= 11 is 0. The predicted molar refractivity (Wildman–Crippen MR) is 86.8 cm³/mol. The Morgan fingerprint density at radius 3 is 2.96 bits per heavy atom. The van der Waals surface area contributed by atoms with Gasteiger partial charge in [-0.2, -0.15) is 0 Å². The highest BCUT2D eigenvalue weighted by Gasteiger charge is 2.28. The fraction of sp³-hybridized carbons (Fsp3) is 0.222. The maximum atomic E-state index is 13.3. The van der Waals surface area contributed by atoms with Crippen molar-refractivity contribution < 1.29 is 23.5 Å². The maximum absolute atomic E-state index is 13.3. The lowest BCUT2D eigenvalue weighted by atomic mass is 10.0. The molecular weight excluding hydrogens is 327 g/mol. The van der Waals surface area contributed by atoms with Crippen LogP contribution in [0.1, 0.15) is 17.5 Å². The second kappa shape index (κ2) is 6.43. The predicted octanol–water partition coefficient (Wildman–Crippen LogP) is 2.36. The third-order valence-corrected chi connectivity index (χ3v) is 4.02. The second-order valence-corrected chi connectivity index (χ2v) is 5.75. The number of carbonyl (C=O) groups excluding carboxylic acids is 1. The summed E-state index contributed by atoms with van der Waals surface area (Å²) in [5.41, 5.74) is 2.07. The van der Waals surface area contributed by atoms with Crippen molar-refractivity contribution in [3.05, 3.63) is 59.4 Å². The molecule has 0 radical (unpaired) electrons. The van der Waals surface area contributed by atoms with Gasteiger partial charge in [0, 0.05) is 18.5 Å². The Kier molecular flexibility index (Phi) is 3.97. The standard InChI is InChI=1S/C18H15FN2O4/c19-13-3-1-2-12(7-13)14-8-17(25-21-14)18(22)20-9-11-4-5-15-16(6-11)24-10-23-15/h1-7,17H,8-10H2,(H,20,22). The molecule has 0 saturated heterocycles. The van der Waals surface area contributed by atoms with E-state index in [1.165, 1.54) is 12.1 Å². The third kappa shape index (κ3) is 3.26. The molecule has 128 valence electrons. The first kappa shape index (κ1) is 15.4. The molecule has 25 heavy (non-hydrogen) atoms. The molecular formula is C18H15FN2O4. The number of hydrogen-bond donors (Lipinski definition) is 1. The molecule has 0 bridgehead atoms. The minimum atomic E-state index is -0.715. The van der Waals surface area contributed by atoms with Crippen LogP contribution in [0.2, 0.25) is 0 Å². The van der Waals surface area contributed by atoms with Gasteiger partial charge in [-0.1, -0.05) is 23.4 Å². The molecule has 2 aliphatic heterocycles. The average molecular weight is 342 g/mol. The van der Waals surface area contributed by atoms with Crippen LogP contribution in [0, 0.1) is 5.82 Å². The van der Waals surface area contributed by atoms with E-state index in [0.717, 1.165) is 5.56 Å². The molecule has 7 heteroatoms. The molecule has 0 saturated carbocycles. The van der Waals surface area contributed by atoms with E-state index in [4.69, 9.17) is 14.3 Å². The highest BCUT2D eigenvalue weighted by atomic mass is 19.1. The maximum Gasteiger partial charge on any atom is 0.264 e. The molecule has 4 rings (SSSR count). The summed E-state index contributed by atoms with van der Waals surface area (Å²) in [7, 11) is 0. The quantitative estimate of drug-likeness (QED) is 0.926. The number of nitrogens with one attached hydrogen (secondary N) is 1. The van der Waals surface area contributed by atoms with E-state index in [-0.39, 0.29) is 18.5 Å². The van der Waals surface area contributed by atoms with Crippen molar-refractivity contribution in [3.8, 4) is 11.5 Å². The summed E-state index contributed by atoms with van der Waals surface area (Å²) in [5.74, 6) is 0.742. The van der Waals surface area contributed by atoms with Crippen LogP contribution in [0.15, 0.2) is 47.6 Å². The number of nitrogens with zero attached hydrogens (tertiary/aromatic N) is 1. The fourth-order valence-corrected chi connectivity index (χ4v) is 2.71. The van der Waals surface area contributed by atoms with Crippen LogP contribution in [-0.2, 0) is 16.2 Å². The van der Waals surface area contributed by atoms with Gasteiger partial charge in [-0.05, 0) is 29.8 Å². The summed E-state index contributed by atoms with van der Waals surface area (Å²) in [5, 5.41) is 6.71. The number of rotatable bonds is 4. The van der Waals surface area contributed by atoms with Gasteiger partial charge in [0.25, 0.3) is 5.91 Å². The summed E-state index contributed by atoms with van der Waals surface area (Å²) in [6, 6.07) is 11.6. The summed E-state index contributed by atoms with van der Waals surface area (Å²) < 4.78 is 23.8. The molecule has 6 nitrogen and oxygen atoms in total. The molecule has 0 aromatic heterocycles. The van der Waals surface area contributed by atoms with Gasteiger partial charge >= 0.3 is 0 Å². The summed E-state index contributed by atoms with van der Waals surface area (Å²) in [6.07, 6.45) is -0.413. The van der Waals surface area contributed by atoms with Crippen molar-refractivity contribution in [3.63, 3.8) is 0 Å². The van der Waals surface area contributed by atoms with E-state index in [9.17, 15) is 9.18 Å². The summed E-state index contributed by atoms with van der Waals surface area (Å²) in [4.78, 5) is 17.4. The number of hydrogen-bond acceptors (Lipinski definition) is 5. The SMILES string of the molecule is O=C(NCc1ccc2c(c1)OCO2)C1CC(c2cccc(F)c2)=NO1. The lowest BCUT2D eigenvalue weighted by Crippen LogP contribution is -2.34. The van der Waals surface area contributed by atoms with Gasteiger partial charge in [0.15, 0.2) is 11.5 Å². The highest BCUT2D eigenvalue weighted by Crippen LogP contribution is 2.32.